The largest absolute Gasteiger partial charge is 0.465 e. The van der Waals surface area contributed by atoms with E-state index in [1.165, 1.54) is 7.05 Å². The van der Waals surface area contributed by atoms with Gasteiger partial charge in [0.2, 0.25) is 0 Å². The first kappa shape index (κ1) is 9.23. The molecule has 0 bridgehead atoms. The van der Waals surface area contributed by atoms with Gasteiger partial charge in [-0.25, -0.2) is 4.79 Å². The summed E-state index contributed by atoms with van der Waals surface area (Å²) in [6.45, 7) is 1.97. The van der Waals surface area contributed by atoms with Crippen LogP contribution in [0.4, 0.5) is 4.79 Å². The second-order valence-corrected chi connectivity index (χ2v) is 2.25. The van der Waals surface area contributed by atoms with E-state index in [-0.39, 0.29) is 6.17 Å². The molecule has 3 N–H and O–H groups in total. The molecular formula is C6H14N2O2. The van der Waals surface area contributed by atoms with E-state index in [1.54, 1.807) is 0 Å². The number of nitrogens with two attached hydrogens (primary N) is 1. The first-order chi connectivity index (χ1) is 4.59. The van der Waals surface area contributed by atoms with Crippen molar-refractivity contribution >= 4 is 6.09 Å². The van der Waals surface area contributed by atoms with Crippen LogP contribution in [0, 0.1) is 0 Å². The van der Waals surface area contributed by atoms with E-state index >= 15 is 0 Å². The van der Waals surface area contributed by atoms with Crippen LogP contribution in [0.1, 0.15) is 19.8 Å². The minimum absolute atomic E-state index is 0.359. The number of hydrogen-bond donors (Lipinski definition) is 2. The Kier molecular flexibility index (Phi) is 3.79. The highest BCUT2D eigenvalue weighted by molar-refractivity contribution is 5.64. The van der Waals surface area contributed by atoms with Crippen LogP contribution in [0.3, 0.4) is 0 Å². The van der Waals surface area contributed by atoms with Crippen molar-refractivity contribution in [2.75, 3.05) is 7.05 Å². The summed E-state index contributed by atoms with van der Waals surface area (Å²) in [6, 6.07) is 0. The van der Waals surface area contributed by atoms with Crippen LogP contribution >= 0.6 is 0 Å². The summed E-state index contributed by atoms with van der Waals surface area (Å²) in [7, 11) is 1.47. The molecule has 0 rings (SSSR count). The molecule has 0 aliphatic rings. The third-order valence-corrected chi connectivity index (χ3v) is 1.38. The average molecular weight is 146 g/mol. The number of carboxylic acid groups (broad SMARTS) is 1. The molecule has 0 aliphatic carbocycles. The summed E-state index contributed by atoms with van der Waals surface area (Å²) in [6.07, 6.45) is 0.283. The molecule has 60 valence electrons. The van der Waals surface area contributed by atoms with Crippen LogP contribution < -0.4 is 5.73 Å². The molecular weight excluding hydrogens is 132 g/mol. The zero-order valence-corrected chi connectivity index (χ0v) is 6.37. The van der Waals surface area contributed by atoms with Crippen LogP contribution in [0.25, 0.3) is 0 Å². The first-order valence-electron chi connectivity index (χ1n) is 3.31. The molecule has 4 nitrogen and oxygen atoms in total. The molecule has 0 aromatic carbocycles. The summed E-state index contributed by atoms with van der Waals surface area (Å²) < 4.78 is 0. The van der Waals surface area contributed by atoms with Crippen LogP contribution in [0.5, 0.6) is 0 Å². The Bertz CT molecular complexity index is 116. The monoisotopic (exact) mass is 146 g/mol. The third kappa shape index (κ3) is 2.68. The van der Waals surface area contributed by atoms with Gasteiger partial charge in [0.25, 0.3) is 0 Å². The van der Waals surface area contributed by atoms with Gasteiger partial charge in [-0.05, 0) is 6.42 Å². The van der Waals surface area contributed by atoms with Crippen LogP contribution in [0.2, 0.25) is 0 Å². The van der Waals surface area contributed by atoms with E-state index in [4.69, 9.17) is 10.8 Å². The van der Waals surface area contributed by atoms with Gasteiger partial charge in [0.1, 0.15) is 0 Å². The number of rotatable bonds is 3. The lowest BCUT2D eigenvalue weighted by Crippen LogP contribution is -2.42. The minimum Gasteiger partial charge on any atom is -0.465 e. The zero-order valence-electron chi connectivity index (χ0n) is 6.37. The Hall–Kier alpha value is -0.770. The van der Waals surface area contributed by atoms with Crippen LogP contribution in [-0.2, 0) is 0 Å². The quantitative estimate of drug-likeness (QED) is 0.575. The van der Waals surface area contributed by atoms with Gasteiger partial charge in [0.05, 0.1) is 6.17 Å². The van der Waals surface area contributed by atoms with Gasteiger partial charge in [-0.2, -0.15) is 0 Å². The van der Waals surface area contributed by atoms with E-state index in [0.29, 0.717) is 6.42 Å². The SMILES string of the molecule is CCCC(N)N(C)C(=O)O. The molecule has 0 spiro atoms. The molecule has 0 saturated carbocycles. The maximum Gasteiger partial charge on any atom is 0.408 e. The maximum atomic E-state index is 10.3. The predicted molar refractivity (Wildman–Crippen MR) is 38.7 cm³/mol. The van der Waals surface area contributed by atoms with Crippen molar-refractivity contribution in [2.24, 2.45) is 5.73 Å². The molecule has 0 fully saturated rings. The number of amides is 1. The van der Waals surface area contributed by atoms with Gasteiger partial charge in [-0.1, -0.05) is 13.3 Å². The zero-order chi connectivity index (χ0) is 8.15. The summed E-state index contributed by atoms with van der Waals surface area (Å²) in [4.78, 5) is 11.4. The Morgan fingerprint density at radius 1 is 1.80 bits per heavy atom. The molecule has 10 heavy (non-hydrogen) atoms. The summed E-state index contributed by atoms with van der Waals surface area (Å²) in [5.74, 6) is 0. The van der Waals surface area contributed by atoms with Gasteiger partial charge < -0.3 is 10.8 Å². The van der Waals surface area contributed by atoms with Crippen molar-refractivity contribution in [1.82, 2.24) is 4.90 Å². The number of hydrogen-bond acceptors (Lipinski definition) is 2. The lowest BCUT2D eigenvalue weighted by molar-refractivity contribution is 0.137. The van der Waals surface area contributed by atoms with Crippen molar-refractivity contribution in [1.29, 1.82) is 0 Å². The van der Waals surface area contributed by atoms with Crippen molar-refractivity contribution < 1.29 is 9.90 Å². The van der Waals surface area contributed by atoms with E-state index in [1.807, 2.05) is 6.92 Å². The van der Waals surface area contributed by atoms with E-state index < -0.39 is 6.09 Å². The second kappa shape index (κ2) is 4.11. The number of carbonyl (C=O) groups is 1. The van der Waals surface area contributed by atoms with Gasteiger partial charge in [0, 0.05) is 7.05 Å². The fourth-order valence-electron chi connectivity index (χ4n) is 0.631. The highest BCUT2D eigenvalue weighted by Gasteiger charge is 2.12. The van der Waals surface area contributed by atoms with Crippen LogP contribution in [0.15, 0.2) is 0 Å². The molecule has 0 aromatic rings. The molecule has 0 radical (unpaired) electrons. The molecule has 0 saturated heterocycles. The normalized spacial score (nSPS) is 12.7. The third-order valence-electron chi connectivity index (χ3n) is 1.38. The molecule has 1 unspecified atom stereocenters. The highest BCUT2D eigenvalue weighted by atomic mass is 16.4. The van der Waals surface area contributed by atoms with Gasteiger partial charge in [-0.3, -0.25) is 4.90 Å². The van der Waals surface area contributed by atoms with Crippen LogP contribution in [-0.4, -0.2) is 29.3 Å². The smallest absolute Gasteiger partial charge is 0.408 e. The molecule has 0 aromatic heterocycles. The van der Waals surface area contributed by atoms with Crippen molar-refractivity contribution in [3.05, 3.63) is 0 Å². The Labute approximate surface area is 60.6 Å². The Balaban J connectivity index is 3.69. The molecule has 1 amide bonds. The number of nitrogens with zero attached hydrogens (tertiary/aromatic N) is 1. The fraction of sp³-hybridized carbons (Fsp3) is 0.833. The maximum absolute atomic E-state index is 10.3. The van der Waals surface area contributed by atoms with E-state index in [9.17, 15) is 4.79 Å². The molecule has 4 heteroatoms. The van der Waals surface area contributed by atoms with Gasteiger partial charge in [0.15, 0.2) is 0 Å². The van der Waals surface area contributed by atoms with E-state index in [0.717, 1.165) is 11.3 Å². The lowest BCUT2D eigenvalue weighted by Gasteiger charge is -2.20. The van der Waals surface area contributed by atoms with Gasteiger partial charge in [-0.15, -0.1) is 0 Å². The highest BCUT2D eigenvalue weighted by Crippen LogP contribution is 1.97. The molecule has 0 heterocycles. The summed E-state index contributed by atoms with van der Waals surface area (Å²) in [5.41, 5.74) is 5.47. The van der Waals surface area contributed by atoms with Crippen molar-refractivity contribution in [2.45, 2.75) is 25.9 Å². The Morgan fingerprint density at radius 3 is 2.60 bits per heavy atom. The Morgan fingerprint density at radius 2 is 2.30 bits per heavy atom. The second-order valence-electron chi connectivity index (χ2n) is 2.25. The average Bonchev–Trinajstić information content (AvgIpc) is 1.87. The van der Waals surface area contributed by atoms with Gasteiger partial charge >= 0.3 is 6.09 Å². The lowest BCUT2D eigenvalue weighted by atomic mass is 10.3. The standard InChI is InChI=1S/C6H14N2O2/c1-3-4-5(7)8(2)6(9)10/h5H,3-4,7H2,1-2H3,(H,9,10). The molecule has 0 aliphatic heterocycles. The topological polar surface area (TPSA) is 66.6 Å². The van der Waals surface area contributed by atoms with Crippen molar-refractivity contribution in [3.63, 3.8) is 0 Å². The van der Waals surface area contributed by atoms with E-state index in [2.05, 4.69) is 0 Å². The first-order valence-corrected chi connectivity index (χ1v) is 3.31. The van der Waals surface area contributed by atoms with Crippen molar-refractivity contribution in [3.8, 4) is 0 Å². The minimum atomic E-state index is -0.971. The summed E-state index contributed by atoms with van der Waals surface area (Å²) in [5, 5.41) is 8.42. The predicted octanol–water partition coefficient (Wildman–Crippen LogP) is 0.681. The fourth-order valence-corrected chi connectivity index (χ4v) is 0.631. The molecule has 1 atom stereocenters. The summed E-state index contributed by atoms with van der Waals surface area (Å²) >= 11 is 0.